The van der Waals surface area contributed by atoms with Crippen LogP contribution >= 0.6 is 23.1 Å². The Bertz CT molecular complexity index is 671. The van der Waals surface area contributed by atoms with Crippen LogP contribution in [0.4, 0.5) is 4.79 Å². The van der Waals surface area contributed by atoms with E-state index < -0.39 is 18.2 Å². The third-order valence-corrected chi connectivity index (χ3v) is 5.50. The summed E-state index contributed by atoms with van der Waals surface area (Å²) in [6.07, 6.45) is 1.21. The van der Waals surface area contributed by atoms with Crippen molar-refractivity contribution in [2.24, 2.45) is 4.99 Å². The summed E-state index contributed by atoms with van der Waals surface area (Å²) >= 11 is 2.94. The van der Waals surface area contributed by atoms with Crippen LogP contribution in [0.2, 0.25) is 0 Å². The average molecular weight is 337 g/mol. The number of nitrogens with one attached hydrogen (secondary N) is 1. The third kappa shape index (κ3) is 2.50. The lowest BCUT2D eigenvalue weighted by Crippen LogP contribution is -2.63. The number of amides is 3. The maximum absolute atomic E-state index is 12.2. The number of rotatable bonds is 3. The van der Waals surface area contributed by atoms with Crippen molar-refractivity contribution in [2.75, 3.05) is 13.6 Å². The summed E-state index contributed by atoms with van der Waals surface area (Å²) in [6, 6.07) is -0.950. The molecule has 0 saturated carbocycles. The first-order valence-electron chi connectivity index (χ1n) is 6.64. The summed E-state index contributed by atoms with van der Waals surface area (Å²) in [4.78, 5) is 36.2. The second kappa shape index (κ2) is 5.73. The van der Waals surface area contributed by atoms with E-state index in [4.69, 9.17) is 0 Å². The molecule has 9 heteroatoms. The summed E-state index contributed by atoms with van der Waals surface area (Å²) in [5.74, 6) is -0.329. The Morgan fingerprint density at radius 2 is 2.32 bits per heavy atom. The molecular weight excluding hydrogens is 322 g/mol. The normalized spacial score (nSPS) is 24.2. The highest BCUT2D eigenvalue weighted by Gasteiger charge is 2.48. The third-order valence-electron chi connectivity index (χ3n) is 3.42. The Labute approximate surface area is 136 Å². The minimum Gasteiger partial charge on any atom is -0.332 e. The van der Waals surface area contributed by atoms with Crippen LogP contribution in [0.1, 0.15) is 5.69 Å². The molecule has 1 aromatic heterocycles. The molecule has 0 bridgehead atoms. The largest absolute Gasteiger partial charge is 0.332 e. The predicted octanol–water partition coefficient (Wildman–Crippen LogP) is 1.28. The number of aliphatic imine (C=N–C) groups is 1. The van der Waals surface area contributed by atoms with E-state index in [0.717, 1.165) is 10.0 Å². The highest BCUT2D eigenvalue weighted by Crippen LogP contribution is 2.33. The van der Waals surface area contributed by atoms with Gasteiger partial charge in [-0.1, -0.05) is 6.08 Å². The number of thiazole rings is 1. The fourth-order valence-corrected chi connectivity index (χ4v) is 4.27. The summed E-state index contributed by atoms with van der Waals surface area (Å²) in [7, 11) is 1.64. The van der Waals surface area contributed by atoms with Crippen molar-refractivity contribution in [2.45, 2.75) is 23.5 Å². The molecule has 3 rings (SSSR count). The van der Waals surface area contributed by atoms with Crippen molar-refractivity contribution in [3.05, 3.63) is 23.7 Å². The molecule has 116 valence electrons. The van der Waals surface area contributed by atoms with Gasteiger partial charge in [0, 0.05) is 24.7 Å². The zero-order chi connectivity index (χ0) is 15.9. The van der Waals surface area contributed by atoms with E-state index in [1.807, 2.05) is 17.2 Å². The lowest BCUT2D eigenvalue weighted by Gasteiger charge is -2.35. The number of carbonyl (C=O) groups excluding carboxylic acids is 2. The van der Waals surface area contributed by atoms with Crippen LogP contribution < -0.4 is 5.32 Å². The maximum Gasteiger partial charge on any atom is 0.325 e. The molecule has 2 unspecified atom stereocenters. The number of hydrogen-bond acceptors (Lipinski definition) is 7. The van der Waals surface area contributed by atoms with Crippen LogP contribution in [0, 0.1) is 6.92 Å². The van der Waals surface area contributed by atoms with E-state index in [2.05, 4.69) is 21.9 Å². The van der Waals surface area contributed by atoms with Crippen LogP contribution in [0.3, 0.4) is 0 Å². The minimum atomic E-state index is -0.524. The minimum absolute atomic E-state index is 0.329. The molecule has 2 aliphatic rings. The zero-order valence-electron chi connectivity index (χ0n) is 12.1. The van der Waals surface area contributed by atoms with Crippen LogP contribution in [0.25, 0.3) is 0 Å². The van der Waals surface area contributed by atoms with Gasteiger partial charge in [-0.2, -0.15) is 0 Å². The molecule has 0 aromatic carbocycles. The lowest BCUT2D eigenvalue weighted by molar-refractivity contribution is -0.126. The van der Waals surface area contributed by atoms with Gasteiger partial charge in [0.2, 0.25) is 0 Å². The number of likely N-dealkylation sites (N-methyl/N-ethyl adjacent to an activating group) is 1. The number of urea groups is 1. The van der Waals surface area contributed by atoms with Crippen molar-refractivity contribution >= 4 is 40.2 Å². The fraction of sp³-hybridized carbons (Fsp3) is 0.385. The van der Waals surface area contributed by atoms with Gasteiger partial charge in [0.05, 0.1) is 0 Å². The maximum atomic E-state index is 12.2. The first kappa shape index (κ1) is 15.0. The number of carbonyl (C=O) groups is 2. The van der Waals surface area contributed by atoms with Crippen LogP contribution in [-0.4, -0.2) is 57.7 Å². The van der Waals surface area contributed by atoms with Crippen molar-refractivity contribution in [1.29, 1.82) is 0 Å². The number of thioether (sulfide) groups is 1. The second-order valence-electron chi connectivity index (χ2n) is 4.97. The van der Waals surface area contributed by atoms with E-state index in [1.54, 1.807) is 13.1 Å². The van der Waals surface area contributed by atoms with Gasteiger partial charge < -0.3 is 9.80 Å². The van der Waals surface area contributed by atoms with Gasteiger partial charge >= 0.3 is 6.03 Å². The Balaban J connectivity index is 1.91. The van der Waals surface area contributed by atoms with Gasteiger partial charge in [0.1, 0.15) is 0 Å². The van der Waals surface area contributed by atoms with E-state index in [-0.39, 0.29) is 5.91 Å². The number of fused-ring (bicyclic) bond motifs is 1. The topological polar surface area (TPSA) is 77.9 Å². The molecule has 22 heavy (non-hydrogen) atoms. The lowest BCUT2D eigenvalue weighted by atomic mass is 10.1. The fourth-order valence-electron chi connectivity index (χ4n) is 2.37. The molecule has 3 heterocycles. The molecule has 0 spiro atoms. The summed E-state index contributed by atoms with van der Waals surface area (Å²) in [6.45, 7) is 6.14. The highest BCUT2D eigenvalue weighted by atomic mass is 32.2. The van der Waals surface area contributed by atoms with E-state index in [9.17, 15) is 9.59 Å². The quantitative estimate of drug-likeness (QED) is 0.841. The van der Waals surface area contributed by atoms with Gasteiger partial charge in [0.15, 0.2) is 21.7 Å². The van der Waals surface area contributed by atoms with Gasteiger partial charge in [-0.15, -0.1) is 17.9 Å². The number of aromatic nitrogens is 1. The predicted molar refractivity (Wildman–Crippen MR) is 85.9 cm³/mol. The van der Waals surface area contributed by atoms with Gasteiger partial charge in [0.25, 0.3) is 5.91 Å². The number of aryl methyl sites for hydroxylation is 1. The van der Waals surface area contributed by atoms with Crippen molar-refractivity contribution in [3.63, 3.8) is 0 Å². The Kier molecular flexibility index (Phi) is 3.92. The first-order valence-corrected chi connectivity index (χ1v) is 8.34. The molecular formula is C13H15N5O2S2. The first-order chi connectivity index (χ1) is 10.5. The van der Waals surface area contributed by atoms with Crippen molar-refractivity contribution in [3.8, 4) is 0 Å². The van der Waals surface area contributed by atoms with Gasteiger partial charge in [-0.25, -0.2) is 14.8 Å². The van der Waals surface area contributed by atoms with Crippen LogP contribution in [0.15, 0.2) is 27.4 Å². The van der Waals surface area contributed by atoms with Gasteiger partial charge in [-0.3, -0.25) is 10.1 Å². The summed E-state index contributed by atoms with van der Waals surface area (Å²) < 4.78 is 0.860. The summed E-state index contributed by atoms with van der Waals surface area (Å²) in [5, 5.41) is 5.00. The Morgan fingerprint density at radius 1 is 1.55 bits per heavy atom. The van der Waals surface area contributed by atoms with E-state index in [1.165, 1.54) is 28.0 Å². The highest BCUT2D eigenvalue weighted by molar-refractivity contribution is 8.15. The number of amidine groups is 1. The Hall–Kier alpha value is -1.87. The summed E-state index contributed by atoms with van der Waals surface area (Å²) in [5.41, 5.74) is 0.948. The second-order valence-corrected chi connectivity index (χ2v) is 7.05. The molecule has 1 aromatic rings. The Morgan fingerprint density at radius 3 is 2.95 bits per heavy atom. The standard InChI is InChI=1S/C13H15N5O2S2/c1-4-5-18-8-9(17(3)11(20)16-10(8)19)15-12(18)22-13-14-7(2)6-21-13/h4,6,8-9H,1,5H2,2-3H3,(H,16,19,20). The molecule has 7 nitrogen and oxygen atoms in total. The van der Waals surface area contributed by atoms with E-state index >= 15 is 0 Å². The molecule has 0 radical (unpaired) electrons. The molecule has 3 amide bonds. The molecule has 1 N–H and O–H groups in total. The molecule has 1 fully saturated rings. The smallest absolute Gasteiger partial charge is 0.325 e. The molecule has 1 saturated heterocycles. The van der Waals surface area contributed by atoms with Gasteiger partial charge in [-0.05, 0) is 18.7 Å². The zero-order valence-corrected chi connectivity index (χ0v) is 13.8. The molecule has 2 aliphatic heterocycles. The van der Waals surface area contributed by atoms with Crippen LogP contribution in [-0.2, 0) is 4.79 Å². The van der Waals surface area contributed by atoms with Crippen molar-refractivity contribution in [1.82, 2.24) is 20.1 Å². The molecule has 0 aliphatic carbocycles. The SMILES string of the molecule is C=CCN1C(Sc2nc(C)cs2)=NC2C1C(=O)NC(=O)N2C. The number of imide groups is 1. The van der Waals surface area contributed by atoms with Crippen molar-refractivity contribution < 1.29 is 9.59 Å². The average Bonchev–Trinajstić information content (AvgIpc) is 3.02. The van der Waals surface area contributed by atoms with Crippen LogP contribution in [0.5, 0.6) is 0 Å². The monoisotopic (exact) mass is 337 g/mol. The van der Waals surface area contributed by atoms with E-state index in [0.29, 0.717) is 11.7 Å². The number of nitrogens with zero attached hydrogens (tertiary/aromatic N) is 4. The number of hydrogen-bond donors (Lipinski definition) is 1. The molecule has 2 atom stereocenters.